The summed E-state index contributed by atoms with van der Waals surface area (Å²) in [5.74, 6) is 0.0615. The number of hydrogen-bond donors (Lipinski definition) is 2. The second-order valence-corrected chi connectivity index (χ2v) is 5.24. The summed E-state index contributed by atoms with van der Waals surface area (Å²) in [6, 6.07) is 9.91. The number of nitrogens with zero attached hydrogens (tertiary/aromatic N) is 1. The minimum absolute atomic E-state index is 0.0251. The lowest BCUT2D eigenvalue weighted by Crippen LogP contribution is -2.64. The maximum Gasteiger partial charge on any atom is 0.407 e. The quantitative estimate of drug-likeness (QED) is 0.754. The van der Waals surface area contributed by atoms with Gasteiger partial charge in [-0.1, -0.05) is 30.3 Å². The van der Waals surface area contributed by atoms with Crippen molar-refractivity contribution in [1.82, 2.24) is 10.2 Å². The van der Waals surface area contributed by atoms with Crippen LogP contribution in [-0.4, -0.2) is 35.1 Å². The SMILES string of the molecule is O=C(O)N1CCC2(CC1)C(=O)NC2c1ccccc1. The van der Waals surface area contributed by atoms with Crippen LogP contribution in [-0.2, 0) is 4.79 Å². The summed E-state index contributed by atoms with van der Waals surface area (Å²) in [5, 5.41) is 11.9. The van der Waals surface area contributed by atoms with E-state index in [0.29, 0.717) is 25.9 Å². The van der Waals surface area contributed by atoms with Crippen molar-refractivity contribution in [3.05, 3.63) is 35.9 Å². The van der Waals surface area contributed by atoms with Gasteiger partial charge in [0.1, 0.15) is 0 Å². The molecular formula is C14H16N2O3. The van der Waals surface area contributed by atoms with Crippen molar-refractivity contribution in [1.29, 1.82) is 0 Å². The van der Waals surface area contributed by atoms with E-state index < -0.39 is 11.5 Å². The molecule has 0 aromatic heterocycles. The highest BCUT2D eigenvalue weighted by atomic mass is 16.4. The summed E-state index contributed by atoms with van der Waals surface area (Å²) in [6.07, 6.45) is 0.306. The standard InChI is InChI=1S/C14H16N2O3/c17-12-14(6-8-16(9-7-14)13(18)19)11(15-12)10-4-2-1-3-5-10/h1-5,11H,6-9H2,(H,15,17)(H,18,19). The van der Waals surface area contributed by atoms with Crippen LogP contribution in [0.25, 0.3) is 0 Å². The normalized spacial score (nSPS) is 24.7. The van der Waals surface area contributed by atoms with Crippen LogP contribution in [0.3, 0.4) is 0 Å². The Morgan fingerprint density at radius 2 is 1.89 bits per heavy atom. The highest BCUT2D eigenvalue weighted by Crippen LogP contribution is 2.49. The predicted octanol–water partition coefficient (Wildman–Crippen LogP) is 1.62. The van der Waals surface area contributed by atoms with E-state index >= 15 is 0 Å². The number of hydrogen-bond acceptors (Lipinski definition) is 2. The number of likely N-dealkylation sites (tertiary alicyclic amines) is 1. The third-order valence-corrected chi connectivity index (χ3v) is 4.34. The summed E-state index contributed by atoms with van der Waals surface area (Å²) in [4.78, 5) is 24.3. The molecule has 2 amide bonds. The lowest BCUT2D eigenvalue weighted by molar-refractivity contribution is -0.151. The van der Waals surface area contributed by atoms with Gasteiger partial charge in [0.05, 0.1) is 11.5 Å². The third-order valence-electron chi connectivity index (χ3n) is 4.34. The van der Waals surface area contributed by atoms with Crippen LogP contribution in [0.15, 0.2) is 30.3 Å². The Balaban J connectivity index is 1.80. The van der Waals surface area contributed by atoms with Gasteiger partial charge in [-0.05, 0) is 18.4 Å². The summed E-state index contributed by atoms with van der Waals surface area (Å²) >= 11 is 0. The zero-order valence-electron chi connectivity index (χ0n) is 10.5. The van der Waals surface area contributed by atoms with Gasteiger partial charge >= 0.3 is 6.09 Å². The fourth-order valence-corrected chi connectivity index (χ4v) is 3.13. The number of rotatable bonds is 1. The van der Waals surface area contributed by atoms with Crippen LogP contribution in [0.1, 0.15) is 24.4 Å². The molecule has 0 aliphatic carbocycles. The Morgan fingerprint density at radius 1 is 1.26 bits per heavy atom. The van der Waals surface area contributed by atoms with Crippen LogP contribution >= 0.6 is 0 Å². The highest BCUT2D eigenvalue weighted by Gasteiger charge is 2.56. The van der Waals surface area contributed by atoms with Crippen molar-refractivity contribution in [3.63, 3.8) is 0 Å². The molecule has 1 atom stereocenters. The number of carbonyl (C=O) groups is 2. The maximum atomic E-state index is 12.0. The number of β-lactam (4-membered cyclic amide) rings is 1. The molecule has 100 valence electrons. The molecule has 2 aliphatic heterocycles. The number of carbonyl (C=O) groups excluding carboxylic acids is 1. The zero-order valence-corrected chi connectivity index (χ0v) is 10.5. The van der Waals surface area contributed by atoms with Crippen molar-refractivity contribution in [2.45, 2.75) is 18.9 Å². The number of piperidine rings is 1. The topological polar surface area (TPSA) is 69.6 Å². The van der Waals surface area contributed by atoms with Gasteiger partial charge in [-0.25, -0.2) is 4.79 Å². The Morgan fingerprint density at radius 3 is 2.42 bits per heavy atom. The first kappa shape index (κ1) is 12.0. The van der Waals surface area contributed by atoms with Crippen LogP contribution in [0.5, 0.6) is 0 Å². The molecule has 5 nitrogen and oxygen atoms in total. The smallest absolute Gasteiger partial charge is 0.407 e. The zero-order chi connectivity index (χ0) is 13.5. The lowest BCUT2D eigenvalue weighted by Gasteiger charge is -2.52. The van der Waals surface area contributed by atoms with E-state index in [4.69, 9.17) is 5.11 Å². The fourth-order valence-electron chi connectivity index (χ4n) is 3.13. The summed E-state index contributed by atoms with van der Waals surface area (Å²) in [6.45, 7) is 0.873. The molecule has 5 heteroatoms. The number of benzene rings is 1. The Labute approximate surface area is 111 Å². The molecule has 0 radical (unpaired) electrons. The number of carboxylic acid groups (broad SMARTS) is 1. The summed E-state index contributed by atoms with van der Waals surface area (Å²) < 4.78 is 0. The van der Waals surface area contributed by atoms with Crippen LogP contribution in [0.4, 0.5) is 4.79 Å². The monoisotopic (exact) mass is 260 g/mol. The highest BCUT2D eigenvalue weighted by molar-refractivity contribution is 5.91. The predicted molar refractivity (Wildman–Crippen MR) is 68.6 cm³/mol. The van der Waals surface area contributed by atoms with Gasteiger partial charge in [-0.3, -0.25) is 4.79 Å². The molecule has 1 aromatic carbocycles. The van der Waals surface area contributed by atoms with Crippen molar-refractivity contribution < 1.29 is 14.7 Å². The molecule has 0 saturated carbocycles. The lowest BCUT2D eigenvalue weighted by atomic mass is 9.64. The summed E-state index contributed by atoms with van der Waals surface area (Å²) in [7, 11) is 0. The van der Waals surface area contributed by atoms with Crippen LogP contribution in [0.2, 0.25) is 0 Å². The Kier molecular flexibility index (Phi) is 2.69. The Hall–Kier alpha value is -2.04. The van der Waals surface area contributed by atoms with E-state index in [-0.39, 0.29) is 11.9 Å². The van der Waals surface area contributed by atoms with Crippen molar-refractivity contribution >= 4 is 12.0 Å². The fraction of sp³-hybridized carbons (Fsp3) is 0.429. The Bertz CT molecular complexity index is 507. The molecule has 2 aliphatic rings. The van der Waals surface area contributed by atoms with Crippen molar-refractivity contribution in [2.75, 3.05) is 13.1 Å². The van der Waals surface area contributed by atoms with Gasteiger partial charge in [0.2, 0.25) is 5.91 Å². The third kappa shape index (κ3) is 1.77. The molecule has 1 aromatic rings. The van der Waals surface area contributed by atoms with E-state index in [0.717, 1.165) is 5.56 Å². The van der Waals surface area contributed by atoms with Gasteiger partial charge in [-0.2, -0.15) is 0 Å². The molecule has 0 bridgehead atoms. The molecule has 19 heavy (non-hydrogen) atoms. The van der Waals surface area contributed by atoms with Crippen molar-refractivity contribution in [2.24, 2.45) is 5.41 Å². The van der Waals surface area contributed by atoms with Crippen LogP contribution in [0, 0.1) is 5.41 Å². The molecule has 3 rings (SSSR count). The summed E-state index contributed by atoms with van der Waals surface area (Å²) in [5.41, 5.74) is 0.693. The van der Waals surface area contributed by atoms with Gasteiger partial charge in [0.25, 0.3) is 0 Å². The van der Waals surface area contributed by atoms with Gasteiger partial charge in [0, 0.05) is 13.1 Å². The second kappa shape index (κ2) is 4.26. The molecule has 1 unspecified atom stereocenters. The largest absolute Gasteiger partial charge is 0.465 e. The molecule has 2 fully saturated rings. The molecule has 2 N–H and O–H groups in total. The van der Waals surface area contributed by atoms with Gasteiger partial charge in [0.15, 0.2) is 0 Å². The minimum atomic E-state index is -0.897. The van der Waals surface area contributed by atoms with E-state index in [1.165, 1.54) is 4.90 Å². The van der Waals surface area contributed by atoms with E-state index in [2.05, 4.69) is 5.32 Å². The van der Waals surface area contributed by atoms with E-state index in [9.17, 15) is 9.59 Å². The molecular weight excluding hydrogens is 244 g/mol. The number of nitrogens with one attached hydrogen (secondary N) is 1. The first-order chi connectivity index (χ1) is 9.13. The van der Waals surface area contributed by atoms with E-state index in [1.54, 1.807) is 0 Å². The molecule has 1 spiro atoms. The van der Waals surface area contributed by atoms with E-state index in [1.807, 2.05) is 30.3 Å². The van der Waals surface area contributed by atoms with Crippen molar-refractivity contribution in [3.8, 4) is 0 Å². The second-order valence-electron chi connectivity index (χ2n) is 5.24. The average molecular weight is 260 g/mol. The minimum Gasteiger partial charge on any atom is -0.465 e. The average Bonchev–Trinajstić information content (AvgIpc) is 2.45. The maximum absolute atomic E-state index is 12.0. The first-order valence-corrected chi connectivity index (χ1v) is 6.47. The molecule has 2 saturated heterocycles. The van der Waals surface area contributed by atoms with Gasteiger partial charge in [-0.15, -0.1) is 0 Å². The molecule has 2 heterocycles. The van der Waals surface area contributed by atoms with Crippen LogP contribution < -0.4 is 5.32 Å². The van der Waals surface area contributed by atoms with Gasteiger partial charge < -0.3 is 15.3 Å². The number of amides is 2. The first-order valence-electron chi connectivity index (χ1n) is 6.47.